The molecule has 17 heavy (non-hydrogen) atoms. The molecule has 2 N–H and O–H groups in total. The van der Waals surface area contributed by atoms with Crippen molar-refractivity contribution in [3.8, 4) is 0 Å². The first-order valence-corrected chi connectivity index (χ1v) is 5.67. The van der Waals surface area contributed by atoms with Crippen LogP contribution in [-0.4, -0.2) is 12.6 Å². The summed E-state index contributed by atoms with van der Waals surface area (Å²) in [6.07, 6.45) is 0. The van der Waals surface area contributed by atoms with Gasteiger partial charge in [0.05, 0.1) is 6.61 Å². The lowest BCUT2D eigenvalue weighted by molar-refractivity contribution is 0.0484. The van der Waals surface area contributed by atoms with Gasteiger partial charge in [0.15, 0.2) is 0 Å². The van der Waals surface area contributed by atoms with Crippen LogP contribution >= 0.6 is 0 Å². The molecular formula is C13H20N2O2. The minimum absolute atomic E-state index is 0.0662. The zero-order valence-electron chi connectivity index (χ0n) is 10.6. The maximum atomic E-state index is 11.3. The van der Waals surface area contributed by atoms with Crippen LogP contribution in [0, 0.1) is 5.41 Å². The maximum Gasteiger partial charge on any atom is 0.338 e. The lowest BCUT2D eigenvalue weighted by atomic mass is 9.97. The highest BCUT2D eigenvalue weighted by Gasteiger charge is 2.11. The van der Waals surface area contributed by atoms with Gasteiger partial charge in [-0.1, -0.05) is 51.1 Å². The van der Waals surface area contributed by atoms with Gasteiger partial charge in [-0.05, 0) is 11.0 Å². The van der Waals surface area contributed by atoms with Crippen molar-refractivity contribution < 1.29 is 9.63 Å². The second-order valence-corrected chi connectivity index (χ2v) is 5.12. The molecular weight excluding hydrogens is 216 g/mol. The van der Waals surface area contributed by atoms with Gasteiger partial charge >= 0.3 is 6.03 Å². The van der Waals surface area contributed by atoms with Crippen molar-refractivity contribution in [2.24, 2.45) is 5.41 Å². The van der Waals surface area contributed by atoms with Crippen molar-refractivity contribution in [3.05, 3.63) is 35.9 Å². The smallest absolute Gasteiger partial charge is 0.336 e. The molecule has 4 heteroatoms. The fraction of sp³-hybridized carbons (Fsp3) is 0.462. The van der Waals surface area contributed by atoms with Crippen LogP contribution in [0.2, 0.25) is 0 Å². The first-order valence-electron chi connectivity index (χ1n) is 5.67. The zero-order valence-corrected chi connectivity index (χ0v) is 10.6. The number of nitrogens with one attached hydrogen (secondary N) is 2. The number of carbonyl (C=O) groups is 1. The van der Waals surface area contributed by atoms with Crippen molar-refractivity contribution in [1.82, 2.24) is 10.8 Å². The van der Waals surface area contributed by atoms with E-state index < -0.39 is 0 Å². The average molecular weight is 236 g/mol. The molecule has 94 valence electrons. The molecule has 0 aliphatic rings. The molecule has 0 bridgehead atoms. The van der Waals surface area contributed by atoms with Gasteiger partial charge in [-0.3, -0.25) is 4.84 Å². The van der Waals surface area contributed by atoms with Gasteiger partial charge in [0.2, 0.25) is 0 Å². The molecule has 0 spiro atoms. The second kappa shape index (κ2) is 6.25. The highest BCUT2D eigenvalue weighted by atomic mass is 16.7. The summed E-state index contributed by atoms with van der Waals surface area (Å²) < 4.78 is 0. The van der Waals surface area contributed by atoms with Crippen LogP contribution in [0.5, 0.6) is 0 Å². The van der Waals surface area contributed by atoms with Gasteiger partial charge in [0, 0.05) is 6.54 Å². The molecule has 0 radical (unpaired) electrons. The summed E-state index contributed by atoms with van der Waals surface area (Å²) in [6.45, 7) is 7.13. The SMILES string of the molecule is CC(C)(C)CNC(=O)NOCc1ccccc1. The number of amides is 2. The van der Waals surface area contributed by atoms with Crippen molar-refractivity contribution >= 4 is 6.03 Å². The van der Waals surface area contributed by atoms with E-state index in [0.29, 0.717) is 13.2 Å². The number of urea groups is 1. The van der Waals surface area contributed by atoms with E-state index in [1.807, 2.05) is 30.3 Å². The summed E-state index contributed by atoms with van der Waals surface area (Å²) in [6, 6.07) is 9.36. The van der Waals surface area contributed by atoms with Crippen LogP contribution in [0.15, 0.2) is 30.3 Å². The summed E-state index contributed by atoms with van der Waals surface area (Å²) in [5.41, 5.74) is 3.44. The normalized spacial score (nSPS) is 11.0. The van der Waals surface area contributed by atoms with Crippen LogP contribution in [0.3, 0.4) is 0 Å². The molecule has 0 aliphatic carbocycles. The number of hydrogen-bond donors (Lipinski definition) is 2. The highest BCUT2D eigenvalue weighted by molar-refractivity contribution is 5.72. The van der Waals surface area contributed by atoms with Crippen LogP contribution in [-0.2, 0) is 11.4 Å². The van der Waals surface area contributed by atoms with E-state index in [4.69, 9.17) is 4.84 Å². The molecule has 1 aromatic rings. The summed E-state index contributed by atoms with van der Waals surface area (Å²) in [5, 5.41) is 2.73. The quantitative estimate of drug-likeness (QED) is 0.789. The van der Waals surface area contributed by atoms with E-state index >= 15 is 0 Å². The first-order chi connectivity index (χ1) is 7.97. The van der Waals surface area contributed by atoms with Gasteiger partial charge in [0.25, 0.3) is 0 Å². The third-order valence-corrected chi connectivity index (χ3v) is 2.03. The van der Waals surface area contributed by atoms with Gasteiger partial charge < -0.3 is 5.32 Å². The summed E-state index contributed by atoms with van der Waals surface area (Å²) in [7, 11) is 0. The molecule has 0 unspecified atom stereocenters. The highest BCUT2D eigenvalue weighted by Crippen LogP contribution is 2.09. The molecule has 2 amide bonds. The van der Waals surface area contributed by atoms with Crippen LogP contribution in [0.4, 0.5) is 4.79 Å². The molecule has 0 atom stereocenters. The van der Waals surface area contributed by atoms with Crippen LogP contribution in [0.1, 0.15) is 26.3 Å². The predicted molar refractivity (Wildman–Crippen MR) is 67.2 cm³/mol. The van der Waals surface area contributed by atoms with Crippen LogP contribution < -0.4 is 10.8 Å². The lowest BCUT2D eigenvalue weighted by Crippen LogP contribution is -2.39. The lowest BCUT2D eigenvalue weighted by Gasteiger charge is -2.18. The molecule has 1 rings (SSSR count). The Morgan fingerprint density at radius 1 is 1.24 bits per heavy atom. The fourth-order valence-corrected chi connectivity index (χ4v) is 1.14. The second-order valence-electron chi connectivity index (χ2n) is 5.12. The van der Waals surface area contributed by atoms with Gasteiger partial charge in [0.1, 0.15) is 0 Å². The summed E-state index contributed by atoms with van der Waals surface area (Å²) in [5.74, 6) is 0. The molecule has 1 aromatic carbocycles. The minimum Gasteiger partial charge on any atom is -0.336 e. The molecule has 0 fully saturated rings. The van der Waals surface area contributed by atoms with Crippen molar-refractivity contribution in [3.63, 3.8) is 0 Å². The minimum atomic E-state index is -0.309. The van der Waals surface area contributed by atoms with Crippen molar-refractivity contribution in [2.45, 2.75) is 27.4 Å². The number of carbonyl (C=O) groups excluding carboxylic acids is 1. The predicted octanol–water partition coefficient (Wildman–Crippen LogP) is 2.46. The third kappa shape index (κ3) is 6.58. The fourth-order valence-electron chi connectivity index (χ4n) is 1.14. The first kappa shape index (κ1) is 13.5. The number of rotatable bonds is 4. The maximum absolute atomic E-state index is 11.3. The molecule has 0 aliphatic heterocycles. The van der Waals surface area contributed by atoms with Gasteiger partial charge in [-0.25, -0.2) is 10.3 Å². The molecule has 4 nitrogen and oxygen atoms in total. The van der Waals surface area contributed by atoms with E-state index in [2.05, 4.69) is 31.6 Å². The van der Waals surface area contributed by atoms with E-state index in [1.54, 1.807) is 0 Å². The molecule has 0 heterocycles. The van der Waals surface area contributed by atoms with E-state index in [-0.39, 0.29) is 11.4 Å². The largest absolute Gasteiger partial charge is 0.338 e. The standard InChI is InChI=1S/C13H20N2O2/c1-13(2,3)10-14-12(16)15-17-9-11-7-5-4-6-8-11/h4-8H,9-10H2,1-3H3,(H2,14,15,16). The topological polar surface area (TPSA) is 50.4 Å². The Labute approximate surface area is 102 Å². The van der Waals surface area contributed by atoms with Gasteiger partial charge in [-0.2, -0.15) is 0 Å². The zero-order chi connectivity index (χ0) is 12.7. The van der Waals surface area contributed by atoms with E-state index in [0.717, 1.165) is 5.56 Å². The number of hydroxylamine groups is 1. The van der Waals surface area contributed by atoms with E-state index in [1.165, 1.54) is 0 Å². The summed E-state index contributed by atoms with van der Waals surface area (Å²) in [4.78, 5) is 16.4. The third-order valence-electron chi connectivity index (χ3n) is 2.03. The number of hydrogen-bond acceptors (Lipinski definition) is 2. The van der Waals surface area contributed by atoms with Gasteiger partial charge in [-0.15, -0.1) is 0 Å². The Hall–Kier alpha value is -1.55. The average Bonchev–Trinajstić information content (AvgIpc) is 2.27. The molecule has 0 saturated heterocycles. The van der Waals surface area contributed by atoms with Crippen LogP contribution in [0.25, 0.3) is 0 Å². The monoisotopic (exact) mass is 236 g/mol. The molecule has 0 saturated carbocycles. The Bertz CT molecular complexity index is 344. The van der Waals surface area contributed by atoms with Crippen molar-refractivity contribution in [2.75, 3.05) is 6.54 Å². The molecule has 0 aromatic heterocycles. The Morgan fingerprint density at radius 2 is 1.88 bits per heavy atom. The number of benzene rings is 1. The Kier molecular flexibility index (Phi) is 4.97. The Balaban J connectivity index is 2.17. The summed E-state index contributed by atoms with van der Waals surface area (Å²) >= 11 is 0. The van der Waals surface area contributed by atoms with E-state index in [9.17, 15) is 4.79 Å². The van der Waals surface area contributed by atoms with Crippen molar-refractivity contribution in [1.29, 1.82) is 0 Å². The Morgan fingerprint density at radius 3 is 2.47 bits per heavy atom.